The summed E-state index contributed by atoms with van der Waals surface area (Å²) in [7, 11) is 1.83. The number of benzene rings is 1. The lowest BCUT2D eigenvalue weighted by Crippen LogP contribution is -2.47. The number of hydrogen-bond donors (Lipinski definition) is 2. The molecule has 1 heterocycles. The van der Waals surface area contributed by atoms with E-state index in [4.69, 9.17) is 0 Å². The first-order chi connectivity index (χ1) is 12.0. The van der Waals surface area contributed by atoms with Crippen LogP contribution in [0.3, 0.4) is 0 Å². The number of ketones is 1. The molecule has 1 saturated carbocycles. The standard InChI is InChI=1S/C20H26N2O3/c1-13-6-5-8-15(17(13)21-2)16(23)9-4-3-7-14-12-20(10-11-20)19(25)22-18(14)24/h5-6,8,14,21H,3-4,7,9-12H2,1-2H3,(H,22,24,25). The molecule has 1 aromatic carbocycles. The van der Waals surface area contributed by atoms with E-state index in [2.05, 4.69) is 10.6 Å². The van der Waals surface area contributed by atoms with Gasteiger partial charge in [0, 0.05) is 30.6 Å². The summed E-state index contributed by atoms with van der Waals surface area (Å²) >= 11 is 0. The molecule has 5 heteroatoms. The summed E-state index contributed by atoms with van der Waals surface area (Å²) in [6, 6.07) is 5.75. The molecule has 1 spiro atoms. The predicted molar refractivity (Wildman–Crippen MR) is 96.4 cm³/mol. The van der Waals surface area contributed by atoms with E-state index < -0.39 is 0 Å². The van der Waals surface area contributed by atoms with Crippen LogP contribution in [0.2, 0.25) is 0 Å². The van der Waals surface area contributed by atoms with E-state index in [9.17, 15) is 14.4 Å². The van der Waals surface area contributed by atoms with Crippen molar-refractivity contribution in [3.63, 3.8) is 0 Å². The number of piperidine rings is 1. The van der Waals surface area contributed by atoms with E-state index in [1.54, 1.807) is 0 Å². The second-order valence-electron chi connectivity index (χ2n) is 7.42. The molecule has 2 fully saturated rings. The molecule has 25 heavy (non-hydrogen) atoms. The van der Waals surface area contributed by atoms with E-state index in [1.165, 1.54) is 0 Å². The smallest absolute Gasteiger partial charge is 0.232 e. The van der Waals surface area contributed by atoms with E-state index in [1.807, 2.05) is 32.2 Å². The molecule has 5 nitrogen and oxygen atoms in total. The Bertz CT molecular complexity index is 707. The average molecular weight is 342 g/mol. The number of amides is 2. The third-order valence-corrected chi connectivity index (χ3v) is 5.61. The van der Waals surface area contributed by atoms with Crippen molar-refractivity contribution in [2.45, 2.75) is 51.9 Å². The molecule has 0 bridgehead atoms. The summed E-state index contributed by atoms with van der Waals surface area (Å²) in [5.41, 5.74) is 2.44. The number of carbonyl (C=O) groups is 3. The number of hydrogen-bond acceptors (Lipinski definition) is 4. The Balaban J connectivity index is 1.49. The molecule has 2 aliphatic rings. The maximum absolute atomic E-state index is 12.5. The van der Waals surface area contributed by atoms with Gasteiger partial charge in [-0.2, -0.15) is 0 Å². The SMILES string of the molecule is CNc1c(C)cccc1C(=O)CCCCC1CC2(CC2)C(=O)NC1=O. The molecule has 2 N–H and O–H groups in total. The highest BCUT2D eigenvalue weighted by atomic mass is 16.2. The summed E-state index contributed by atoms with van der Waals surface area (Å²) in [4.78, 5) is 36.3. The number of nitrogens with one attached hydrogen (secondary N) is 2. The fourth-order valence-electron chi connectivity index (χ4n) is 3.86. The van der Waals surface area contributed by atoms with Crippen molar-refractivity contribution in [3.05, 3.63) is 29.3 Å². The molecule has 1 unspecified atom stereocenters. The van der Waals surface area contributed by atoms with Gasteiger partial charge in [-0.3, -0.25) is 19.7 Å². The minimum Gasteiger partial charge on any atom is -0.387 e. The Kier molecular flexibility index (Phi) is 4.93. The number of aryl methyl sites for hydroxylation is 1. The highest BCUT2D eigenvalue weighted by Gasteiger charge is 2.54. The third-order valence-electron chi connectivity index (χ3n) is 5.61. The maximum Gasteiger partial charge on any atom is 0.232 e. The summed E-state index contributed by atoms with van der Waals surface area (Å²) < 4.78 is 0. The van der Waals surface area contributed by atoms with Crippen LogP contribution in [0.1, 0.15) is 60.9 Å². The topological polar surface area (TPSA) is 75.3 Å². The summed E-state index contributed by atoms with van der Waals surface area (Å²) in [6.07, 6.45) is 5.32. The zero-order valence-corrected chi connectivity index (χ0v) is 15.0. The minimum atomic E-state index is -0.252. The van der Waals surface area contributed by atoms with Gasteiger partial charge in [0.25, 0.3) is 0 Å². The first kappa shape index (κ1) is 17.6. The fraction of sp³-hybridized carbons (Fsp3) is 0.550. The third kappa shape index (κ3) is 3.60. The Morgan fingerprint density at radius 3 is 2.72 bits per heavy atom. The van der Waals surface area contributed by atoms with Gasteiger partial charge in [-0.1, -0.05) is 18.6 Å². The van der Waals surface area contributed by atoms with Crippen LogP contribution in [0.5, 0.6) is 0 Å². The number of Topliss-reactive ketones (excluding diaryl/α,β-unsaturated/α-hetero) is 1. The lowest BCUT2D eigenvalue weighted by Gasteiger charge is -2.27. The van der Waals surface area contributed by atoms with Crippen LogP contribution in [0.4, 0.5) is 5.69 Å². The number of anilines is 1. The van der Waals surface area contributed by atoms with Crippen molar-refractivity contribution in [2.24, 2.45) is 11.3 Å². The number of rotatable bonds is 7. The van der Waals surface area contributed by atoms with Crippen molar-refractivity contribution < 1.29 is 14.4 Å². The van der Waals surface area contributed by atoms with Gasteiger partial charge < -0.3 is 5.32 Å². The van der Waals surface area contributed by atoms with Gasteiger partial charge in [0.15, 0.2) is 5.78 Å². The molecule has 134 valence electrons. The molecule has 1 atom stereocenters. The Morgan fingerprint density at radius 1 is 1.28 bits per heavy atom. The van der Waals surface area contributed by atoms with Crippen LogP contribution in [-0.2, 0) is 9.59 Å². The normalized spacial score (nSPS) is 21.1. The van der Waals surface area contributed by atoms with Crippen LogP contribution in [0.15, 0.2) is 18.2 Å². The molecular formula is C20H26N2O3. The van der Waals surface area contributed by atoms with E-state index in [0.29, 0.717) is 12.8 Å². The van der Waals surface area contributed by atoms with Gasteiger partial charge >= 0.3 is 0 Å². The van der Waals surface area contributed by atoms with Crippen molar-refractivity contribution in [1.82, 2.24) is 5.32 Å². The van der Waals surface area contributed by atoms with Crippen molar-refractivity contribution in [3.8, 4) is 0 Å². The Hall–Kier alpha value is -2.17. The Morgan fingerprint density at radius 2 is 2.04 bits per heavy atom. The van der Waals surface area contributed by atoms with E-state index >= 15 is 0 Å². The average Bonchev–Trinajstić information content (AvgIpc) is 3.36. The molecule has 1 aromatic rings. The lowest BCUT2D eigenvalue weighted by atomic mass is 9.83. The Labute approximate surface area is 148 Å². The quantitative estimate of drug-likeness (QED) is 0.453. The van der Waals surface area contributed by atoms with Crippen LogP contribution in [0.25, 0.3) is 0 Å². The monoisotopic (exact) mass is 342 g/mol. The largest absolute Gasteiger partial charge is 0.387 e. The minimum absolute atomic E-state index is 0.0806. The second-order valence-corrected chi connectivity index (χ2v) is 7.42. The molecule has 2 amide bonds. The maximum atomic E-state index is 12.5. The number of carbonyl (C=O) groups excluding carboxylic acids is 3. The van der Waals surface area contributed by atoms with Crippen molar-refractivity contribution in [1.29, 1.82) is 0 Å². The molecular weight excluding hydrogens is 316 g/mol. The number of para-hydroxylation sites is 1. The summed E-state index contributed by atoms with van der Waals surface area (Å²) in [5.74, 6) is -0.162. The van der Waals surface area contributed by atoms with Gasteiger partial charge in [0.05, 0.1) is 5.41 Å². The lowest BCUT2D eigenvalue weighted by molar-refractivity contribution is -0.141. The highest BCUT2D eigenvalue weighted by molar-refractivity contribution is 6.03. The van der Waals surface area contributed by atoms with Crippen LogP contribution in [-0.4, -0.2) is 24.6 Å². The van der Waals surface area contributed by atoms with Gasteiger partial charge in [-0.15, -0.1) is 0 Å². The number of imide groups is 1. The fourth-order valence-corrected chi connectivity index (χ4v) is 3.86. The van der Waals surface area contributed by atoms with Crippen LogP contribution in [0, 0.1) is 18.3 Å². The molecule has 1 saturated heterocycles. The van der Waals surface area contributed by atoms with E-state index in [0.717, 1.165) is 48.9 Å². The molecule has 1 aliphatic heterocycles. The zero-order chi connectivity index (χ0) is 18.0. The first-order valence-corrected chi connectivity index (χ1v) is 9.13. The second kappa shape index (κ2) is 6.98. The van der Waals surface area contributed by atoms with Crippen LogP contribution >= 0.6 is 0 Å². The summed E-state index contributed by atoms with van der Waals surface area (Å²) in [5, 5.41) is 5.63. The van der Waals surface area contributed by atoms with Gasteiger partial charge in [0.2, 0.25) is 11.8 Å². The molecule has 3 rings (SSSR count). The first-order valence-electron chi connectivity index (χ1n) is 9.13. The zero-order valence-electron chi connectivity index (χ0n) is 15.0. The van der Waals surface area contributed by atoms with Gasteiger partial charge in [-0.25, -0.2) is 0 Å². The predicted octanol–water partition coefficient (Wildman–Crippen LogP) is 3.22. The number of unbranched alkanes of at least 4 members (excludes halogenated alkanes) is 1. The van der Waals surface area contributed by atoms with Gasteiger partial charge in [0.1, 0.15) is 0 Å². The molecule has 0 radical (unpaired) electrons. The van der Waals surface area contributed by atoms with Crippen molar-refractivity contribution in [2.75, 3.05) is 12.4 Å². The highest BCUT2D eigenvalue weighted by Crippen LogP contribution is 2.53. The summed E-state index contributed by atoms with van der Waals surface area (Å²) in [6.45, 7) is 1.99. The molecule has 0 aromatic heterocycles. The van der Waals surface area contributed by atoms with Gasteiger partial charge in [-0.05, 0) is 50.7 Å². The van der Waals surface area contributed by atoms with Crippen molar-refractivity contribution >= 4 is 23.3 Å². The van der Waals surface area contributed by atoms with Crippen LogP contribution < -0.4 is 10.6 Å². The van der Waals surface area contributed by atoms with E-state index in [-0.39, 0.29) is 28.9 Å². The molecule has 1 aliphatic carbocycles.